The van der Waals surface area contributed by atoms with Crippen LogP contribution in [-0.2, 0) is 6.54 Å². The van der Waals surface area contributed by atoms with Gasteiger partial charge in [0.1, 0.15) is 5.82 Å². The number of carboxylic acid groups (broad SMARTS) is 1. The summed E-state index contributed by atoms with van der Waals surface area (Å²) in [5.41, 5.74) is 0.514. The third kappa shape index (κ3) is 4.15. The molecule has 0 aliphatic heterocycles. The second-order valence-corrected chi connectivity index (χ2v) is 4.26. The Morgan fingerprint density at radius 3 is 2.82 bits per heavy atom. The van der Waals surface area contributed by atoms with Gasteiger partial charge in [0.25, 0.3) is 0 Å². The Morgan fingerprint density at radius 1 is 1.53 bits per heavy atom. The Bertz CT molecular complexity index is 393. The number of carboxylic acids is 1. The van der Waals surface area contributed by atoms with Gasteiger partial charge in [-0.15, -0.1) is 0 Å². The fourth-order valence-corrected chi connectivity index (χ4v) is 1.44. The molecule has 0 saturated carbocycles. The number of rotatable bonds is 6. The molecule has 2 N–H and O–H groups in total. The van der Waals surface area contributed by atoms with Crippen LogP contribution in [-0.4, -0.2) is 17.6 Å². The zero-order chi connectivity index (χ0) is 12.8. The lowest BCUT2D eigenvalue weighted by Gasteiger charge is -2.10. The van der Waals surface area contributed by atoms with Gasteiger partial charge in [0, 0.05) is 12.1 Å². The molecule has 1 rings (SSSR count). The highest BCUT2D eigenvalue weighted by atomic mass is 19.1. The first-order valence-electron chi connectivity index (χ1n) is 5.77. The van der Waals surface area contributed by atoms with Crippen molar-refractivity contribution in [3.05, 3.63) is 35.1 Å². The van der Waals surface area contributed by atoms with Crippen LogP contribution >= 0.6 is 0 Å². The summed E-state index contributed by atoms with van der Waals surface area (Å²) in [6.07, 6.45) is 1.06. The number of carbonyl (C=O) groups is 1. The molecule has 94 valence electrons. The molecule has 1 aromatic carbocycles. The van der Waals surface area contributed by atoms with E-state index in [1.165, 1.54) is 18.2 Å². The molecule has 0 fully saturated rings. The van der Waals surface area contributed by atoms with Crippen molar-refractivity contribution in [1.29, 1.82) is 0 Å². The van der Waals surface area contributed by atoms with Crippen LogP contribution in [0, 0.1) is 11.7 Å². The van der Waals surface area contributed by atoms with E-state index in [2.05, 4.69) is 19.2 Å². The van der Waals surface area contributed by atoms with Crippen molar-refractivity contribution in [1.82, 2.24) is 5.32 Å². The predicted octanol–water partition coefficient (Wildman–Crippen LogP) is 2.66. The Hall–Kier alpha value is -1.42. The SMILES string of the molecule is CCC(C)CNCc1cc(C(=O)O)ccc1F. The van der Waals surface area contributed by atoms with Crippen molar-refractivity contribution in [3.63, 3.8) is 0 Å². The standard InChI is InChI=1S/C13H18FNO2/c1-3-9(2)7-15-8-11-6-10(13(16)17)4-5-12(11)14/h4-6,9,15H,3,7-8H2,1-2H3,(H,16,17). The van der Waals surface area contributed by atoms with E-state index >= 15 is 0 Å². The Morgan fingerprint density at radius 2 is 2.24 bits per heavy atom. The molecular formula is C13H18FNO2. The lowest BCUT2D eigenvalue weighted by molar-refractivity contribution is 0.0696. The summed E-state index contributed by atoms with van der Waals surface area (Å²) in [5, 5.41) is 11.9. The highest BCUT2D eigenvalue weighted by molar-refractivity contribution is 5.87. The van der Waals surface area contributed by atoms with Crippen molar-refractivity contribution in [3.8, 4) is 0 Å². The van der Waals surface area contributed by atoms with E-state index in [4.69, 9.17) is 5.11 Å². The van der Waals surface area contributed by atoms with Gasteiger partial charge in [-0.3, -0.25) is 0 Å². The minimum Gasteiger partial charge on any atom is -0.478 e. The van der Waals surface area contributed by atoms with Gasteiger partial charge in [-0.1, -0.05) is 20.3 Å². The molecule has 3 nitrogen and oxygen atoms in total. The quantitative estimate of drug-likeness (QED) is 0.802. The summed E-state index contributed by atoms with van der Waals surface area (Å²) in [5.74, 6) is -0.874. The van der Waals surface area contributed by atoms with Gasteiger partial charge >= 0.3 is 5.97 Å². The fourth-order valence-electron chi connectivity index (χ4n) is 1.44. The number of hydrogen-bond donors (Lipinski definition) is 2. The predicted molar refractivity (Wildman–Crippen MR) is 64.5 cm³/mol. The van der Waals surface area contributed by atoms with Crippen LogP contribution in [0.25, 0.3) is 0 Å². The van der Waals surface area contributed by atoms with Crippen LogP contribution in [0.3, 0.4) is 0 Å². The summed E-state index contributed by atoms with van der Waals surface area (Å²) in [4.78, 5) is 10.7. The molecule has 0 aromatic heterocycles. The number of benzene rings is 1. The number of nitrogens with one attached hydrogen (secondary N) is 1. The minimum atomic E-state index is -1.03. The van der Waals surface area contributed by atoms with Gasteiger partial charge in [-0.25, -0.2) is 9.18 Å². The monoisotopic (exact) mass is 239 g/mol. The Balaban J connectivity index is 2.63. The maximum atomic E-state index is 13.4. The van der Waals surface area contributed by atoms with Gasteiger partial charge in [-0.05, 0) is 30.7 Å². The van der Waals surface area contributed by atoms with Gasteiger partial charge in [-0.2, -0.15) is 0 Å². The summed E-state index contributed by atoms with van der Waals surface area (Å²) in [7, 11) is 0. The molecule has 0 amide bonds. The molecule has 1 atom stereocenters. The van der Waals surface area contributed by atoms with Crippen LogP contribution in [0.2, 0.25) is 0 Å². The van der Waals surface area contributed by atoms with Crippen molar-refractivity contribution in [2.45, 2.75) is 26.8 Å². The van der Waals surface area contributed by atoms with Crippen LogP contribution in [0.15, 0.2) is 18.2 Å². The molecule has 0 spiro atoms. The highest BCUT2D eigenvalue weighted by Gasteiger charge is 2.08. The van der Waals surface area contributed by atoms with E-state index in [1.807, 2.05) is 0 Å². The lowest BCUT2D eigenvalue weighted by Crippen LogP contribution is -2.21. The average Bonchev–Trinajstić information content (AvgIpc) is 2.30. The third-order valence-electron chi connectivity index (χ3n) is 2.80. The normalized spacial score (nSPS) is 12.4. The van der Waals surface area contributed by atoms with E-state index < -0.39 is 5.97 Å². The molecule has 4 heteroatoms. The number of aromatic carboxylic acids is 1. The van der Waals surface area contributed by atoms with Crippen molar-refractivity contribution < 1.29 is 14.3 Å². The van der Waals surface area contributed by atoms with E-state index in [9.17, 15) is 9.18 Å². The fraction of sp³-hybridized carbons (Fsp3) is 0.462. The summed E-state index contributed by atoms with van der Waals surface area (Å²) in [6, 6.07) is 3.85. The minimum absolute atomic E-state index is 0.117. The van der Waals surface area contributed by atoms with Crippen molar-refractivity contribution in [2.75, 3.05) is 6.54 Å². The molecule has 1 aromatic rings. The van der Waals surface area contributed by atoms with Crippen LogP contribution in [0.5, 0.6) is 0 Å². The zero-order valence-corrected chi connectivity index (χ0v) is 10.2. The van der Waals surface area contributed by atoms with Crippen LogP contribution < -0.4 is 5.32 Å². The molecular weight excluding hydrogens is 221 g/mol. The molecule has 0 radical (unpaired) electrons. The van der Waals surface area contributed by atoms with Gasteiger partial charge < -0.3 is 10.4 Å². The summed E-state index contributed by atoms with van der Waals surface area (Å²) < 4.78 is 13.4. The van der Waals surface area contributed by atoms with Crippen LogP contribution in [0.1, 0.15) is 36.2 Å². The first-order valence-corrected chi connectivity index (χ1v) is 5.77. The van der Waals surface area contributed by atoms with Gasteiger partial charge in [0.2, 0.25) is 0 Å². The molecule has 0 aliphatic rings. The maximum absolute atomic E-state index is 13.4. The van der Waals surface area contributed by atoms with Gasteiger partial charge in [0.05, 0.1) is 5.56 Å². The smallest absolute Gasteiger partial charge is 0.335 e. The first kappa shape index (κ1) is 13.6. The lowest BCUT2D eigenvalue weighted by atomic mass is 10.1. The Kier molecular flexibility index (Phi) is 5.10. The zero-order valence-electron chi connectivity index (χ0n) is 10.2. The van der Waals surface area contributed by atoms with Crippen molar-refractivity contribution >= 4 is 5.97 Å². The first-order chi connectivity index (χ1) is 8.04. The second kappa shape index (κ2) is 6.35. The number of halogens is 1. The molecule has 17 heavy (non-hydrogen) atoms. The van der Waals surface area contributed by atoms with Crippen molar-refractivity contribution in [2.24, 2.45) is 5.92 Å². The molecule has 0 heterocycles. The van der Waals surface area contributed by atoms with E-state index in [1.54, 1.807) is 0 Å². The summed E-state index contributed by atoms with van der Waals surface area (Å²) in [6.45, 7) is 5.36. The second-order valence-electron chi connectivity index (χ2n) is 4.26. The van der Waals surface area contributed by atoms with Gasteiger partial charge in [0.15, 0.2) is 0 Å². The van der Waals surface area contributed by atoms with Crippen LogP contribution in [0.4, 0.5) is 4.39 Å². The molecule has 1 unspecified atom stereocenters. The summed E-state index contributed by atoms with van der Waals surface area (Å²) >= 11 is 0. The maximum Gasteiger partial charge on any atom is 0.335 e. The van der Waals surface area contributed by atoms with E-state index in [0.29, 0.717) is 18.0 Å². The third-order valence-corrected chi connectivity index (χ3v) is 2.80. The Labute approximate surface area is 101 Å². The molecule has 0 aliphatic carbocycles. The largest absolute Gasteiger partial charge is 0.478 e. The molecule has 0 bridgehead atoms. The highest BCUT2D eigenvalue weighted by Crippen LogP contribution is 2.11. The average molecular weight is 239 g/mol. The van der Waals surface area contributed by atoms with E-state index in [-0.39, 0.29) is 11.4 Å². The number of hydrogen-bond acceptors (Lipinski definition) is 2. The topological polar surface area (TPSA) is 49.3 Å². The van der Waals surface area contributed by atoms with E-state index in [0.717, 1.165) is 13.0 Å². The molecule has 0 saturated heterocycles.